The number of rotatable bonds is 4. The van der Waals surface area contributed by atoms with Gasteiger partial charge in [-0.25, -0.2) is 4.68 Å². The molecule has 0 saturated carbocycles. The largest absolute Gasteiger partial charge is 0.496 e. The molecule has 1 unspecified atom stereocenters. The molecule has 1 aromatic heterocycles. The van der Waals surface area contributed by atoms with E-state index >= 15 is 0 Å². The summed E-state index contributed by atoms with van der Waals surface area (Å²) in [7, 11) is 1.58. The molecule has 0 fully saturated rings. The number of benzene rings is 1. The van der Waals surface area contributed by atoms with Gasteiger partial charge in [0.1, 0.15) is 11.4 Å². The summed E-state index contributed by atoms with van der Waals surface area (Å²) in [5, 5.41) is 15.2. The zero-order valence-corrected chi connectivity index (χ0v) is 11.5. The van der Waals surface area contributed by atoms with E-state index < -0.39 is 4.92 Å². The van der Waals surface area contributed by atoms with Crippen LogP contribution in [-0.4, -0.2) is 21.8 Å². The average Bonchev–Trinajstić information content (AvgIpc) is 2.73. The second kappa shape index (κ2) is 5.20. The second-order valence-electron chi connectivity index (χ2n) is 4.44. The molecule has 0 aliphatic rings. The van der Waals surface area contributed by atoms with Crippen LogP contribution in [0.5, 0.6) is 5.75 Å². The minimum absolute atomic E-state index is 0.0471. The number of aryl methyl sites for hydroxylation is 1. The number of methoxy groups -OCH3 is 1. The fraction of sp³-hybridized carbons (Fsp3) is 0.308. The van der Waals surface area contributed by atoms with Crippen molar-refractivity contribution in [3.8, 4) is 5.75 Å². The average molecular weight is 276 g/mol. The van der Waals surface area contributed by atoms with Crippen molar-refractivity contribution in [2.75, 3.05) is 12.8 Å². The summed E-state index contributed by atoms with van der Waals surface area (Å²) in [4.78, 5) is 10.5. The molecule has 0 aliphatic heterocycles. The molecule has 7 nitrogen and oxygen atoms in total. The Hall–Kier alpha value is -2.57. The monoisotopic (exact) mass is 276 g/mol. The number of nitrogens with zero attached hydrogens (tertiary/aromatic N) is 3. The van der Waals surface area contributed by atoms with Crippen LogP contribution in [0, 0.1) is 17.0 Å². The van der Waals surface area contributed by atoms with Gasteiger partial charge in [-0.2, -0.15) is 5.10 Å². The summed E-state index contributed by atoms with van der Waals surface area (Å²) in [6, 6.07) is 7.17. The minimum Gasteiger partial charge on any atom is -0.496 e. The van der Waals surface area contributed by atoms with Crippen molar-refractivity contribution < 1.29 is 9.66 Å². The molecule has 0 spiro atoms. The van der Waals surface area contributed by atoms with Crippen LogP contribution in [0.1, 0.15) is 24.2 Å². The van der Waals surface area contributed by atoms with Gasteiger partial charge in [0.2, 0.25) is 5.82 Å². The molecule has 20 heavy (non-hydrogen) atoms. The zero-order chi connectivity index (χ0) is 14.9. The molecular weight excluding hydrogens is 260 g/mol. The summed E-state index contributed by atoms with van der Waals surface area (Å²) in [5.41, 5.74) is 6.87. The molecule has 0 aliphatic carbocycles. The molecular formula is C13H16N4O3. The van der Waals surface area contributed by atoms with E-state index in [1.54, 1.807) is 14.0 Å². The fourth-order valence-corrected chi connectivity index (χ4v) is 2.22. The molecule has 1 aromatic carbocycles. The molecule has 1 atom stereocenters. The van der Waals surface area contributed by atoms with Gasteiger partial charge in [-0.15, -0.1) is 0 Å². The van der Waals surface area contributed by atoms with Gasteiger partial charge >= 0.3 is 5.69 Å². The van der Waals surface area contributed by atoms with E-state index in [1.807, 2.05) is 31.2 Å². The summed E-state index contributed by atoms with van der Waals surface area (Å²) < 4.78 is 6.75. The Kier molecular flexibility index (Phi) is 3.60. The Morgan fingerprint density at radius 2 is 2.10 bits per heavy atom. The number of hydrogen-bond acceptors (Lipinski definition) is 5. The first-order chi connectivity index (χ1) is 9.47. The predicted octanol–water partition coefficient (Wildman–Crippen LogP) is 2.30. The van der Waals surface area contributed by atoms with Crippen LogP contribution in [-0.2, 0) is 0 Å². The maximum atomic E-state index is 11.0. The molecule has 0 amide bonds. The van der Waals surface area contributed by atoms with Gasteiger partial charge in [-0.3, -0.25) is 10.1 Å². The van der Waals surface area contributed by atoms with E-state index in [0.29, 0.717) is 11.4 Å². The van der Waals surface area contributed by atoms with Gasteiger partial charge in [-0.05, 0) is 19.9 Å². The normalized spacial score (nSPS) is 12.2. The van der Waals surface area contributed by atoms with Crippen LogP contribution in [0.4, 0.5) is 11.5 Å². The Morgan fingerprint density at radius 3 is 2.65 bits per heavy atom. The fourth-order valence-electron chi connectivity index (χ4n) is 2.22. The maximum Gasteiger partial charge on any atom is 0.333 e. The van der Waals surface area contributed by atoms with Crippen molar-refractivity contribution in [3.05, 3.63) is 45.6 Å². The Bertz CT molecular complexity index is 651. The number of para-hydroxylation sites is 1. The summed E-state index contributed by atoms with van der Waals surface area (Å²) in [5.74, 6) is 0.737. The van der Waals surface area contributed by atoms with Crippen molar-refractivity contribution in [1.82, 2.24) is 9.78 Å². The first kappa shape index (κ1) is 13.9. The van der Waals surface area contributed by atoms with Crippen LogP contribution in [0.25, 0.3) is 0 Å². The van der Waals surface area contributed by atoms with E-state index in [4.69, 9.17) is 10.5 Å². The highest BCUT2D eigenvalue weighted by molar-refractivity contribution is 5.57. The van der Waals surface area contributed by atoms with Gasteiger partial charge in [-0.1, -0.05) is 18.2 Å². The quantitative estimate of drug-likeness (QED) is 0.682. The second-order valence-corrected chi connectivity index (χ2v) is 4.44. The van der Waals surface area contributed by atoms with Crippen molar-refractivity contribution in [2.45, 2.75) is 19.9 Å². The van der Waals surface area contributed by atoms with Gasteiger partial charge < -0.3 is 10.5 Å². The third kappa shape index (κ3) is 2.18. The van der Waals surface area contributed by atoms with Gasteiger partial charge in [0.15, 0.2) is 0 Å². The summed E-state index contributed by atoms with van der Waals surface area (Å²) in [6.07, 6.45) is 0. The minimum atomic E-state index is -0.511. The Morgan fingerprint density at radius 1 is 1.45 bits per heavy atom. The van der Waals surface area contributed by atoms with Crippen molar-refractivity contribution in [3.63, 3.8) is 0 Å². The van der Waals surface area contributed by atoms with Gasteiger partial charge in [0.25, 0.3) is 0 Å². The third-order valence-corrected chi connectivity index (χ3v) is 3.23. The van der Waals surface area contributed by atoms with Gasteiger partial charge in [0.05, 0.1) is 18.1 Å². The number of nitrogen functional groups attached to an aromatic ring is 1. The molecule has 0 bridgehead atoms. The first-order valence-corrected chi connectivity index (χ1v) is 6.09. The van der Waals surface area contributed by atoms with E-state index in [2.05, 4.69) is 5.10 Å². The van der Waals surface area contributed by atoms with Crippen LogP contribution in [0.3, 0.4) is 0 Å². The summed E-state index contributed by atoms with van der Waals surface area (Å²) >= 11 is 0. The number of nitrogens with two attached hydrogens (primary N) is 1. The molecule has 106 valence electrons. The predicted molar refractivity (Wildman–Crippen MR) is 74.8 cm³/mol. The van der Waals surface area contributed by atoms with E-state index in [1.165, 1.54) is 4.68 Å². The first-order valence-electron chi connectivity index (χ1n) is 6.09. The molecule has 0 radical (unpaired) electrons. The third-order valence-electron chi connectivity index (χ3n) is 3.23. The molecule has 0 saturated heterocycles. The van der Waals surface area contributed by atoms with Crippen LogP contribution in [0.15, 0.2) is 24.3 Å². The molecule has 2 aromatic rings. The zero-order valence-electron chi connectivity index (χ0n) is 11.5. The number of anilines is 1. The van der Waals surface area contributed by atoms with Crippen molar-refractivity contribution in [1.29, 1.82) is 0 Å². The van der Waals surface area contributed by atoms with Gasteiger partial charge in [0, 0.05) is 5.56 Å². The van der Waals surface area contributed by atoms with E-state index in [0.717, 1.165) is 5.56 Å². The lowest BCUT2D eigenvalue weighted by Crippen LogP contribution is -2.13. The van der Waals surface area contributed by atoms with E-state index in [9.17, 15) is 10.1 Å². The molecule has 1 heterocycles. The number of ether oxygens (including phenoxy) is 1. The van der Waals surface area contributed by atoms with Crippen molar-refractivity contribution in [2.24, 2.45) is 0 Å². The highest BCUT2D eigenvalue weighted by Gasteiger charge is 2.26. The number of aromatic nitrogens is 2. The standard InChI is InChI=1S/C13H16N4O3/c1-8-12(17(18)19)13(14)16(15-8)9(2)10-6-4-5-7-11(10)20-3/h4-7,9H,14H2,1-3H3. The van der Waals surface area contributed by atoms with Crippen LogP contribution >= 0.6 is 0 Å². The molecule has 7 heteroatoms. The smallest absolute Gasteiger partial charge is 0.333 e. The highest BCUT2D eigenvalue weighted by Crippen LogP contribution is 2.33. The Balaban J connectivity index is 2.52. The van der Waals surface area contributed by atoms with Crippen LogP contribution in [0.2, 0.25) is 0 Å². The number of hydrogen-bond donors (Lipinski definition) is 1. The van der Waals surface area contributed by atoms with Crippen LogP contribution < -0.4 is 10.5 Å². The Labute approximate surface area is 116 Å². The lowest BCUT2D eigenvalue weighted by atomic mass is 10.1. The molecule has 2 N–H and O–H groups in total. The molecule has 2 rings (SSSR count). The van der Waals surface area contributed by atoms with E-state index in [-0.39, 0.29) is 17.5 Å². The summed E-state index contributed by atoms with van der Waals surface area (Å²) in [6.45, 7) is 3.43. The maximum absolute atomic E-state index is 11.0. The highest BCUT2D eigenvalue weighted by atomic mass is 16.6. The lowest BCUT2D eigenvalue weighted by Gasteiger charge is -2.16. The number of nitro groups is 1. The van der Waals surface area contributed by atoms with Crippen molar-refractivity contribution >= 4 is 11.5 Å². The SMILES string of the molecule is COc1ccccc1C(C)n1nc(C)c([N+](=O)[O-])c1N. The topological polar surface area (TPSA) is 96.2 Å². The lowest BCUT2D eigenvalue weighted by molar-refractivity contribution is -0.384.